The van der Waals surface area contributed by atoms with Gasteiger partial charge in [0.15, 0.2) is 5.82 Å². The molecule has 4 heteroatoms. The van der Waals surface area contributed by atoms with Crippen molar-refractivity contribution in [3.8, 4) is 0 Å². The van der Waals surface area contributed by atoms with Gasteiger partial charge in [0, 0.05) is 0 Å². The number of nitrogens with zero attached hydrogens (tertiary/aromatic N) is 2. The summed E-state index contributed by atoms with van der Waals surface area (Å²) >= 11 is 0. The second kappa shape index (κ2) is 2.62. The monoisotopic (exact) mass is 153 g/mol. The number of aromatic nitrogens is 3. The SMILES string of the molecule is OC(c1ncn[nH]1)C1CCC1. The second-order valence-corrected chi connectivity index (χ2v) is 3.01. The molecule has 0 aromatic carbocycles. The largest absolute Gasteiger partial charge is 0.385 e. The summed E-state index contributed by atoms with van der Waals surface area (Å²) in [6.07, 6.45) is 4.46. The minimum atomic E-state index is -0.425. The summed E-state index contributed by atoms with van der Waals surface area (Å²) in [5, 5.41) is 16.0. The minimum absolute atomic E-state index is 0.406. The van der Waals surface area contributed by atoms with Crippen molar-refractivity contribution in [2.75, 3.05) is 0 Å². The molecule has 1 atom stereocenters. The summed E-state index contributed by atoms with van der Waals surface area (Å²) in [5.74, 6) is 1.01. The molecule has 1 unspecified atom stereocenters. The third kappa shape index (κ3) is 1.14. The molecule has 1 aliphatic rings. The van der Waals surface area contributed by atoms with Crippen LogP contribution in [0.5, 0.6) is 0 Å². The molecule has 1 saturated carbocycles. The molecule has 1 aliphatic carbocycles. The molecule has 1 aromatic heterocycles. The van der Waals surface area contributed by atoms with E-state index in [4.69, 9.17) is 0 Å². The van der Waals surface area contributed by atoms with Gasteiger partial charge in [0.25, 0.3) is 0 Å². The lowest BCUT2D eigenvalue weighted by atomic mass is 9.81. The van der Waals surface area contributed by atoms with Crippen LogP contribution in [0.25, 0.3) is 0 Å². The molecule has 1 heterocycles. The highest BCUT2D eigenvalue weighted by Crippen LogP contribution is 2.35. The van der Waals surface area contributed by atoms with Crippen LogP contribution < -0.4 is 0 Å². The van der Waals surface area contributed by atoms with Crippen LogP contribution in [0.1, 0.15) is 31.2 Å². The first kappa shape index (κ1) is 6.79. The number of aliphatic hydroxyl groups is 1. The van der Waals surface area contributed by atoms with E-state index in [1.54, 1.807) is 0 Å². The highest BCUT2D eigenvalue weighted by atomic mass is 16.3. The highest BCUT2D eigenvalue weighted by molar-refractivity contribution is 4.92. The molecule has 2 rings (SSSR count). The van der Waals surface area contributed by atoms with Crippen LogP contribution in [0, 0.1) is 5.92 Å². The molecule has 1 aromatic rings. The van der Waals surface area contributed by atoms with E-state index in [1.807, 2.05) is 0 Å². The molecule has 0 spiro atoms. The van der Waals surface area contributed by atoms with E-state index in [2.05, 4.69) is 15.2 Å². The Kier molecular flexibility index (Phi) is 1.62. The fraction of sp³-hybridized carbons (Fsp3) is 0.714. The van der Waals surface area contributed by atoms with Crippen molar-refractivity contribution < 1.29 is 5.11 Å². The third-order valence-corrected chi connectivity index (χ3v) is 2.31. The zero-order valence-electron chi connectivity index (χ0n) is 6.20. The molecule has 0 amide bonds. The van der Waals surface area contributed by atoms with Gasteiger partial charge in [-0.15, -0.1) is 0 Å². The molecule has 11 heavy (non-hydrogen) atoms. The first-order valence-corrected chi connectivity index (χ1v) is 3.91. The van der Waals surface area contributed by atoms with Crippen LogP contribution in [0.3, 0.4) is 0 Å². The summed E-state index contributed by atoms with van der Waals surface area (Å²) in [7, 11) is 0. The van der Waals surface area contributed by atoms with Gasteiger partial charge in [-0.05, 0) is 18.8 Å². The van der Waals surface area contributed by atoms with Gasteiger partial charge in [-0.1, -0.05) is 6.42 Å². The van der Waals surface area contributed by atoms with Crippen molar-refractivity contribution in [3.05, 3.63) is 12.2 Å². The Balaban J connectivity index is 2.04. The predicted molar refractivity (Wildman–Crippen MR) is 38.7 cm³/mol. The van der Waals surface area contributed by atoms with Gasteiger partial charge >= 0.3 is 0 Å². The minimum Gasteiger partial charge on any atom is -0.385 e. The quantitative estimate of drug-likeness (QED) is 0.655. The molecule has 1 fully saturated rings. The zero-order valence-corrected chi connectivity index (χ0v) is 6.20. The van der Waals surface area contributed by atoms with E-state index in [1.165, 1.54) is 12.7 Å². The Bertz CT molecular complexity index is 218. The van der Waals surface area contributed by atoms with E-state index in [0.29, 0.717) is 11.7 Å². The lowest BCUT2D eigenvalue weighted by molar-refractivity contribution is 0.0552. The smallest absolute Gasteiger partial charge is 0.153 e. The maximum absolute atomic E-state index is 9.60. The normalized spacial score (nSPS) is 21.2. The standard InChI is InChI=1S/C7H11N3O/c11-6(5-2-1-3-5)7-8-4-9-10-7/h4-6,11H,1-3H2,(H,8,9,10). The van der Waals surface area contributed by atoms with E-state index in [0.717, 1.165) is 12.8 Å². The molecule has 4 nitrogen and oxygen atoms in total. The lowest BCUT2D eigenvalue weighted by Gasteiger charge is -2.28. The molecule has 0 radical (unpaired) electrons. The van der Waals surface area contributed by atoms with Gasteiger partial charge in [-0.2, -0.15) is 5.10 Å². The maximum atomic E-state index is 9.60. The lowest BCUT2D eigenvalue weighted by Crippen LogP contribution is -2.20. The van der Waals surface area contributed by atoms with Gasteiger partial charge in [-0.3, -0.25) is 5.10 Å². The predicted octanol–water partition coefficient (Wildman–Crippen LogP) is 0.638. The van der Waals surface area contributed by atoms with Crippen LogP contribution in [0.15, 0.2) is 6.33 Å². The molecule has 0 aliphatic heterocycles. The van der Waals surface area contributed by atoms with E-state index < -0.39 is 6.10 Å². The van der Waals surface area contributed by atoms with E-state index in [-0.39, 0.29) is 0 Å². The van der Waals surface area contributed by atoms with Gasteiger partial charge < -0.3 is 5.11 Å². The average molecular weight is 153 g/mol. The summed E-state index contributed by atoms with van der Waals surface area (Å²) in [6, 6.07) is 0. The molecular weight excluding hydrogens is 142 g/mol. The van der Waals surface area contributed by atoms with Crippen LogP contribution in [-0.4, -0.2) is 20.3 Å². The van der Waals surface area contributed by atoms with Crippen LogP contribution in [-0.2, 0) is 0 Å². The number of nitrogens with one attached hydrogen (secondary N) is 1. The number of aromatic amines is 1. The summed E-state index contributed by atoms with van der Waals surface area (Å²) in [6.45, 7) is 0. The van der Waals surface area contributed by atoms with Gasteiger partial charge in [-0.25, -0.2) is 4.98 Å². The number of aliphatic hydroxyl groups excluding tert-OH is 1. The van der Waals surface area contributed by atoms with Gasteiger partial charge in [0.2, 0.25) is 0 Å². The number of hydrogen-bond acceptors (Lipinski definition) is 3. The Labute approximate surface area is 64.7 Å². The fourth-order valence-electron chi connectivity index (χ4n) is 1.34. The fourth-order valence-corrected chi connectivity index (χ4v) is 1.34. The van der Waals surface area contributed by atoms with Crippen molar-refractivity contribution in [2.45, 2.75) is 25.4 Å². The first-order chi connectivity index (χ1) is 5.38. The molecule has 0 bridgehead atoms. The summed E-state index contributed by atoms with van der Waals surface area (Å²) < 4.78 is 0. The van der Waals surface area contributed by atoms with Crippen LogP contribution >= 0.6 is 0 Å². The van der Waals surface area contributed by atoms with Crippen LogP contribution in [0.4, 0.5) is 0 Å². The van der Waals surface area contributed by atoms with Crippen LogP contribution in [0.2, 0.25) is 0 Å². The van der Waals surface area contributed by atoms with Crippen molar-refractivity contribution in [2.24, 2.45) is 5.92 Å². The van der Waals surface area contributed by atoms with Gasteiger partial charge in [0.1, 0.15) is 12.4 Å². The second-order valence-electron chi connectivity index (χ2n) is 3.01. The first-order valence-electron chi connectivity index (χ1n) is 3.91. The molecule has 60 valence electrons. The highest BCUT2D eigenvalue weighted by Gasteiger charge is 2.28. The Morgan fingerprint density at radius 1 is 1.64 bits per heavy atom. The zero-order chi connectivity index (χ0) is 7.68. The summed E-state index contributed by atoms with van der Waals surface area (Å²) in [4.78, 5) is 3.90. The maximum Gasteiger partial charge on any atom is 0.153 e. The molecule has 0 saturated heterocycles. The van der Waals surface area contributed by atoms with Crippen molar-refractivity contribution in [1.29, 1.82) is 0 Å². The third-order valence-electron chi connectivity index (χ3n) is 2.31. The van der Waals surface area contributed by atoms with E-state index in [9.17, 15) is 5.11 Å². The Morgan fingerprint density at radius 3 is 2.91 bits per heavy atom. The Morgan fingerprint density at radius 2 is 2.45 bits per heavy atom. The van der Waals surface area contributed by atoms with Crippen molar-refractivity contribution >= 4 is 0 Å². The van der Waals surface area contributed by atoms with E-state index >= 15 is 0 Å². The molecule has 2 N–H and O–H groups in total. The summed E-state index contributed by atoms with van der Waals surface area (Å²) in [5.41, 5.74) is 0. The Hall–Kier alpha value is -0.900. The topological polar surface area (TPSA) is 61.8 Å². The number of rotatable bonds is 2. The van der Waals surface area contributed by atoms with Crippen molar-refractivity contribution in [1.82, 2.24) is 15.2 Å². The number of hydrogen-bond donors (Lipinski definition) is 2. The van der Waals surface area contributed by atoms with Crippen molar-refractivity contribution in [3.63, 3.8) is 0 Å². The number of H-pyrrole nitrogens is 1. The molecular formula is C7H11N3O. The average Bonchev–Trinajstić information content (AvgIpc) is 2.32. The van der Waals surface area contributed by atoms with Gasteiger partial charge in [0.05, 0.1) is 0 Å².